The second-order valence-electron chi connectivity index (χ2n) is 6.72. The Balaban J connectivity index is 1.83. The summed E-state index contributed by atoms with van der Waals surface area (Å²) in [5.41, 5.74) is -0.470. The molecule has 0 bridgehead atoms. The molecule has 1 aromatic rings. The predicted molar refractivity (Wildman–Crippen MR) is 93.7 cm³/mol. The van der Waals surface area contributed by atoms with Crippen molar-refractivity contribution in [3.63, 3.8) is 0 Å². The van der Waals surface area contributed by atoms with E-state index in [0.29, 0.717) is 34.4 Å². The standard InChI is InChI=1S/C16H23BrN2O3S/c1-16(2,3)22-15(20)19-9-7-12(8-10-19)11-23(21)14-6-4-5-13(17)18-14/h4-6,12H,7-11H2,1-3H3/t23-/m0/s1. The number of hydrogen-bond acceptors (Lipinski definition) is 4. The molecule has 0 aromatic carbocycles. The molecule has 0 unspecified atom stereocenters. The number of ether oxygens (including phenoxy) is 1. The van der Waals surface area contributed by atoms with Crippen LogP contribution in [0, 0.1) is 5.92 Å². The fraction of sp³-hybridized carbons (Fsp3) is 0.625. The minimum atomic E-state index is -1.10. The highest BCUT2D eigenvalue weighted by Crippen LogP contribution is 2.22. The molecule has 1 aromatic heterocycles. The summed E-state index contributed by atoms with van der Waals surface area (Å²) >= 11 is 3.30. The van der Waals surface area contributed by atoms with E-state index in [0.717, 1.165) is 12.8 Å². The van der Waals surface area contributed by atoms with Crippen LogP contribution >= 0.6 is 15.9 Å². The number of amides is 1. The molecular formula is C16H23BrN2O3S. The lowest BCUT2D eigenvalue weighted by Crippen LogP contribution is -2.42. The van der Waals surface area contributed by atoms with E-state index >= 15 is 0 Å². The number of likely N-dealkylation sites (tertiary alicyclic amines) is 1. The van der Waals surface area contributed by atoms with Gasteiger partial charge in [0.2, 0.25) is 0 Å². The van der Waals surface area contributed by atoms with Gasteiger partial charge in [-0.25, -0.2) is 9.78 Å². The van der Waals surface area contributed by atoms with Crippen molar-refractivity contribution in [2.45, 2.75) is 44.2 Å². The number of rotatable bonds is 3. The molecule has 7 heteroatoms. The Morgan fingerprint density at radius 2 is 2.04 bits per heavy atom. The van der Waals surface area contributed by atoms with Crippen molar-refractivity contribution >= 4 is 32.8 Å². The first kappa shape index (κ1) is 18.4. The van der Waals surface area contributed by atoms with E-state index < -0.39 is 16.4 Å². The average molecular weight is 403 g/mol. The summed E-state index contributed by atoms with van der Waals surface area (Å²) in [7, 11) is -1.10. The number of carbonyl (C=O) groups excluding carboxylic acids is 1. The van der Waals surface area contributed by atoms with Gasteiger partial charge >= 0.3 is 6.09 Å². The molecule has 1 aliphatic rings. The molecule has 0 saturated carbocycles. The number of aromatic nitrogens is 1. The van der Waals surface area contributed by atoms with Gasteiger partial charge in [0, 0.05) is 18.8 Å². The Kier molecular flexibility index (Phi) is 6.19. The number of halogens is 1. The van der Waals surface area contributed by atoms with Crippen LogP contribution < -0.4 is 0 Å². The molecular weight excluding hydrogens is 380 g/mol. The fourth-order valence-electron chi connectivity index (χ4n) is 2.42. The first-order valence-electron chi connectivity index (χ1n) is 7.73. The highest BCUT2D eigenvalue weighted by atomic mass is 79.9. The van der Waals surface area contributed by atoms with Gasteiger partial charge in [0.05, 0.1) is 10.8 Å². The summed E-state index contributed by atoms with van der Waals surface area (Å²) in [5.74, 6) is 0.932. The van der Waals surface area contributed by atoms with Crippen molar-refractivity contribution in [3.8, 4) is 0 Å². The van der Waals surface area contributed by atoms with E-state index in [1.807, 2.05) is 32.9 Å². The largest absolute Gasteiger partial charge is 0.444 e. The third-order valence-electron chi connectivity index (χ3n) is 3.58. The first-order chi connectivity index (χ1) is 10.7. The van der Waals surface area contributed by atoms with Crippen LogP contribution in [0.15, 0.2) is 27.8 Å². The molecule has 1 saturated heterocycles. The molecule has 0 aliphatic carbocycles. The van der Waals surface area contributed by atoms with Gasteiger partial charge in [-0.05, 0) is 67.6 Å². The van der Waals surface area contributed by atoms with Crippen LogP contribution in [0.25, 0.3) is 0 Å². The van der Waals surface area contributed by atoms with Gasteiger partial charge in [0.25, 0.3) is 0 Å². The zero-order valence-corrected chi connectivity index (χ0v) is 16.2. The molecule has 0 N–H and O–H groups in total. The average Bonchev–Trinajstić information content (AvgIpc) is 2.46. The summed E-state index contributed by atoms with van der Waals surface area (Å²) in [6.07, 6.45) is 1.43. The Hall–Kier alpha value is -0.950. The third kappa shape index (κ3) is 5.88. The third-order valence-corrected chi connectivity index (χ3v) is 5.49. The van der Waals surface area contributed by atoms with Gasteiger partial charge in [0.15, 0.2) is 0 Å². The number of hydrogen-bond donors (Lipinski definition) is 0. The monoisotopic (exact) mass is 402 g/mol. The zero-order chi connectivity index (χ0) is 17.0. The lowest BCUT2D eigenvalue weighted by molar-refractivity contribution is 0.0191. The maximum atomic E-state index is 12.4. The number of nitrogens with zero attached hydrogens (tertiary/aromatic N) is 2. The minimum absolute atomic E-state index is 0.259. The summed E-state index contributed by atoms with van der Waals surface area (Å²) in [4.78, 5) is 18.0. The number of piperidine rings is 1. The summed E-state index contributed by atoms with van der Waals surface area (Å²) < 4.78 is 18.5. The van der Waals surface area contributed by atoms with Crippen molar-refractivity contribution in [2.75, 3.05) is 18.8 Å². The van der Waals surface area contributed by atoms with Crippen LogP contribution in [0.1, 0.15) is 33.6 Å². The van der Waals surface area contributed by atoms with Crippen molar-refractivity contribution in [3.05, 3.63) is 22.8 Å². The first-order valence-corrected chi connectivity index (χ1v) is 9.84. The van der Waals surface area contributed by atoms with Crippen LogP contribution in [0.4, 0.5) is 4.79 Å². The molecule has 2 rings (SSSR count). The molecule has 0 spiro atoms. The molecule has 1 aliphatic heterocycles. The summed E-state index contributed by atoms with van der Waals surface area (Å²) in [6.45, 7) is 6.91. The molecule has 5 nitrogen and oxygen atoms in total. The van der Waals surface area contributed by atoms with E-state index in [-0.39, 0.29) is 6.09 Å². The van der Waals surface area contributed by atoms with E-state index in [4.69, 9.17) is 4.74 Å². The molecule has 128 valence electrons. The maximum absolute atomic E-state index is 12.4. The lowest BCUT2D eigenvalue weighted by atomic mass is 9.99. The summed E-state index contributed by atoms with van der Waals surface area (Å²) in [5, 5.41) is 0.606. The Morgan fingerprint density at radius 1 is 1.39 bits per heavy atom. The molecule has 1 amide bonds. The summed E-state index contributed by atoms with van der Waals surface area (Å²) in [6, 6.07) is 5.45. The van der Waals surface area contributed by atoms with Gasteiger partial charge in [-0.15, -0.1) is 0 Å². The van der Waals surface area contributed by atoms with Gasteiger partial charge < -0.3 is 9.64 Å². The highest BCUT2D eigenvalue weighted by Gasteiger charge is 2.27. The van der Waals surface area contributed by atoms with E-state index in [1.165, 1.54) is 0 Å². The molecule has 1 fully saturated rings. The maximum Gasteiger partial charge on any atom is 0.410 e. The van der Waals surface area contributed by atoms with Crippen LogP contribution in [-0.2, 0) is 15.5 Å². The Labute approximate surface area is 148 Å². The quantitative estimate of drug-likeness (QED) is 0.724. The molecule has 23 heavy (non-hydrogen) atoms. The van der Waals surface area contributed by atoms with Gasteiger partial charge in [-0.1, -0.05) is 6.07 Å². The van der Waals surface area contributed by atoms with Crippen molar-refractivity contribution in [2.24, 2.45) is 5.92 Å². The zero-order valence-electron chi connectivity index (χ0n) is 13.8. The topological polar surface area (TPSA) is 59.5 Å². The van der Waals surface area contributed by atoms with E-state index in [9.17, 15) is 9.00 Å². The van der Waals surface area contributed by atoms with Crippen LogP contribution in [0.2, 0.25) is 0 Å². The van der Waals surface area contributed by atoms with Crippen molar-refractivity contribution in [1.29, 1.82) is 0 Å². The van der Waals surface area contributed by atoms with Crippen LogP contribution in [0.3, 0.4) is 0 Å². The molecule has 0 radical (unpaired) electrons. The van der Waals surface area contributed by atoms with Crippen molar-refractivity contribution in [1.82, 2.24) is 9.88 Å². The normalized spacial score (nSPS) is 17.8. The van der Waals surface area contributed by atoms with Gasteiger partial charge in [-0.2, -0.15) is 0 Å². The molecule has 1 atom stereocenters. The smallest absolute Gasteiger partial charge is 0.410 e. The van der Waals surface area contributed by atoms with E-state index in [1.54, 1.807) is 11.0 Å². The molecule has 2 heterocycles. The predicted octanol–water partition coefficient (Wildman–Crippen LogP) is 3.60. The van der Waals surface area contributed by atoms with Crippen LogP contribution in [0.5, 0.6) is 0 Å². The highest BCUT2D eigenvalue weighted by molar-refractivity contribution is 9.10. The van der Waals surface area contributed by atoms with Gasteiger partial charge in [-0.3, -0.25) is 4.21 Å². The second kappa shape index (κ2) is 7.75. The Morgan fingerprint density at radius 3 is 2.61 bits per heavy atom. The minimum Gasteiger partial charge on any atom is -0.444 e. The van der Waals surface area contributed by atoms with Crippen LogP contribution in [-0.4, -0.2) is 44.6 Å². The number of carbonyl (C=O) groups is 1. The van der Waals surface area contributed by atoms with Crippen molar-refractivity contribution < 1.29 is 13.7 Å². The van der Waals surface area contributed by atoms with Gasteiger partial charge in [0.1, 0.15) is 15.2 Å². The number of pyridine rings is 1. The lowest BCUT2D eigenvalue weighted by Gasteiger charge is -2.33. The van der Waals surface area contributed by atoms with E-state index in [2.05, 4.69) is 20.9 Å². The fourth-order valence-corrected chi connectivity index (χ4v) is 4.25. The second-order valence-corrected chi connectivity index (χ2v) is 8.98. The SMILES string of the molecule is CC(C)(C)OC(=O)N1CCC(C[S@](=O)c2cccc(Br)n2)CC1. The Bertz CT molecular complexity index is 581.